The minimum Gasteiger partial charge on any atom is -0.335 e. The minimum absolute atomic E-state index is 0.0642. The number of hydrogen-bond donors (Lipinski definition) is 1. The average molecular weight is 405 g/mol. The lowest BCUT2D eigenvalue weighted by atomic mass is 9.92. The Morgan fingerprint density at radius 2 is 1.89 bits per heavy atom. The molecule has 1 saturated carbocycles. The normalized spacial score (nSPS) is 15.4. The molecule has 6 nitrogen and oxygen atoms in total. The minimum atomic E-state index is -3.61. The third-order valence-electron chi connectivity index (χ3n) is 4.80. The fourth-order valence-corrected chi connectivity index (χ4v) is 4.68. The summed E-state index contributed by atoms with van der Waals surface area (Å²) in [5, 5.41) is 1.76. The molecular formula is C19H21ClN4O2S. The summed E-state index contributed by atoms with van der Waals surface area (Å²) in [6, 6.07) is 8.06. The maximum Gasteiger partial charge on any atom is 0.243 e. The second-order valence-corrected chi connectivity index (χ2v) is 9.36. The molecule has 2 heterocycles. The quantitative estimate of drug-likeness (QED) is 0.692. The van der Waals surface area contributed by atoms with Crippen molar-refractivity contribution in [3.63, 3.8) is 0 Å². The Kier molecular flexibility index (Phi) is 4.70. The van der Waals surface area contributed by atoms with Crippen molar-refractivity contribution in [2.75, 3.05) is 0 Å². The summed E-state index contributed by atoms with van der Waals surface area (Å²) in [5.41, 5.74) is 1.95. The largest absolute Gasteiger partial charge is 0.335 e. The first-order chi connectivity index (χ1) is 12.8. The molecule has 1 aliphatic rings. The van der Waals surface area contributed by atoms with Crippen LogP contribution in [0.1, 0.15) is 39.2 Å². The fourth-order valence-electron chi connectivity index (χ4n) is 3.37. The van der Waals surface area contributed by atoms with Gasteiger partial charge in [-0.3, -0.25) is 0 Å². The van der Waals surface area contributed by atoms with Crippen LogP contribution in [0.4, 0.5) is 0 Å². The number of rotatable bonds is 5. The maximum absolute atomic E-state index is 12.3. The maximum atomic E-state index is 12.3. The van der Waals surface area contributed by atoms with E-state index in [0.717, 1.165) is 29.4 Å². The van der Waals surface area contributed by atoms with Crippen LogP contribution in [-0.4, -0.2) is 29.0 Å². The summed E-state index contributed by atoms with van der Waals surface area (Å²) in [7, 11) is -3.61. The zero-order valence-electron chi connectivity index (χ0n) is 15.2. The summed E-state index contributed by atoms with van der Waals surface area (Å²) in [4.78, 5) is 8.78. The Bertz CT molecular complexity index is 1090. The molecule has 8 heteroatoms. The third-order valence-corrected chi connectivity index (χ3v) is 6.65. The Hall–Kier alpha value is -1.96. The van der Waals surface area contributed by atoms with E-state index in [1.54, 1.807) is 13.8 Å². The first-order valence-corrected chi connectivity index (χ1v) is 10.9. The zero-order chi connectivity index (χ0) is 19.2. The molecule has 1 fully saturated rings. The van der Waals surface area contributed by atoms with E-state index in [4.69, 9.17) is 11.6 Å². The van der Waals surface area contributed by atoms with Crippen molar-refractivity contribution in [3.8, 4) is 11.5 Å². The predicted molar refractivity (Wildman–Crippen MR) is 106 cm³/mol. The van der Waals surface area contributed by atoms with Crippen LogP contribution in [0, 0.1) is 0 Å². The van der Waals surface area contributed by atoms with Crippen molar-refractivity contribution in [2.45, 2.75) is 50.1 Å². The lowest BCUT2D eigenvalue weighted by molar-refractivity contribution is 0.324. The molecule has 0 aliphatic heterocycles. The van der Waals surface area contributed by atoms with Gasteiger partial charge in [0.1, 0.15) is 4.90 Å². The van der Waals surface area contributed by atoms with Gasteiger partial charge in [-0.15, -0.1) is 0 Å². The molecule has 1 N–H and O–H groups in total. The smallest absolute Gasteiger partial charge is 0.243 e. The van der Waals surface area contributed by atoms with E-state index in [-0.39, 0.29) is 10.9 Å². The van der Waals surface area contributed by atoms with Gasteiger partial charge in [0.15, 0.2) is 5.82 Å². The van der Waals surface area contributed by atoms with E-state index in [1.807, 2.05) is 24.3 Å². The molecular weight excluding hydrogens is 384 g/mol. The van der Waals surface area contributed by atoms with Crippen LogP contribution in [-0.2, 0) is 10.0 Å². The number of sulfonamides is 1. The summed E-state index contributed by atoms with van der Waals surface area (Å²) in [5.74, 6) is 0.512. The van der Waals surface area contributed by atoms with Crippen molar-refractivity contribution in [1.29, 1.82) is 0 Å². The van der Waals surface area contributed by atoms with Gasteiger partial charge in [0, 0.05) is 22.5 Å². The molecule has 0 saturated heterocycles. The van der Waals surface area contributed by atoms with Crippen LogP contribution >= 0.6 is 11.6 Å². The molecule has 0 radical (unpaired) electrons. The van der Waals surface area contributed by atoms with E-state index in [9.17, 15) is 8.42 Å². The molecule has 3 aromatic rings. The van der Waals surface area contributed by atoms with Gasteiger partial charge in [-0.25, -0.2) is 23.1 Å². The number of halogens is 1. The van der Waals surface area contributed by atoms with Crippen molar-refractivity contribution < 1.29 is 8.42 Å². The van der Waals surface area contributed by atoms with Crippen LogP contribution in [0.3, 0.4) is 0 Å². The van der Waals surface area contributed by atoms with Crippen LogP contribution < -0.4 is 4.72 Å². The molecule has 1 aliphatic carbocycles. The van der Waals surface area contributed by atoms with Crippen molar-refractivity contribution in [1.82, 2.24) is 19.3 Å². The van der Waals surface area contributed by atoms with Gasteiger partial charge in [-0.05, 0) is 51.3 Å². The molecule has 4 rings (SSSR count). The topological polar surface area (TPSA) is 76.9 Å². The lowest BCUT2D eigenvalue weighted by Gasteiger charge is -2.29. The number of benzene rings is 1. The fraction of sp³-hybridized carbons (Fsp3) is 0.368. The highest BCUT2D eigenvalue weighted by Gasteiger charge is 2.25. The van der Waals surface area contributed by atoms with Crippen molar-refractivity contribution in [2.24, 2.45) is 0 Å². The SMILES string of the molecule is CC(C)NS(=O)(=O)c1cnc(-c2cc3ccc(Cl)cc3n2C2CCC2)nc1. The molecule has 142 valence electrons. The number of hydrogen-bond acceptors (Lipinski definition) is 4. The third kappa shape index (κ3) is 3.47. The van der Waals surface area contributed by atoms with Crippen LogP contribution in [0.5, 0.6) is 0 Å². The molecule has 0 amide bonds. The Morgan fingerprint density at radius 3 is 2.48 bits per heavy atom. The van der Waals surface area contributed by atoms with Crippen LogP contribution in [0.25, 0.3) is 22.4 Å². The Balaban J connectivity index is 1.78. The zero-order valence-corrected chi connectivity index (χ0v) is 16.8. The highest BCUT2D eigenvalue weighted by molar-refractivity contribution is 7.89. The van der Waals surface area contributed by atoms with Crippen LogP contribution in [0.15, 0.2) is 41.6 Å². The average Bonchev–Trinajstić information content (AvgIpc) is 2.91. The second-order valence-electron chi connectivity index (χ2n) is 7.21. The molecule has 0 atom stereocenters. The van der Waals surface area contributed by atoms with Crippen LogP contribution in [0.2, 0.25) is 5.02 Å². The molecule has 2 aromatic heterocycles. The summed E-state index contributed by atoms with van der Waals surface area (Å²) in [6.45, 7) is 3.55. The first kappa shape index (κ1) is 18.4. The number of nitrogens with zero attached hydrogens (tertiary/aromatic N) is 3. The lowest BCUT2D eigenvalue weighted by Crippen LogP contribution is -2.30. The summed E-state index contributed by atoms with van der Waals surface area (Å²) >= 11 is 6.21. The van der Waals surface area contributed by atoms with E-state index < -0.39 is 10.0 Å². The van der Waals surface area contributed by atoms with Gasteiger partial charge >= 0.3 is 0 Å². The highest BCUT2D eigenvalue weighted by Crippen LogP contribution is 2.39. The number of aromatic nitrogens is 3. The molecule has 0 unspecified atom stereocenters. The van der Waals surface area contributed by atoms with Crippen molar-refractivity contribution >= 4 is 32.5 Å². The molecule has 1 aromatic carbocycles. The van der Waals surface area contributed by atoms with E-state index >= 15 is 0 Å². The number of nitrogens with one attached hydrogen (secondary N) is 1. The number of fused-ring (bicyclic) bond motifs is 1. The monoisotopic (exact) mass is 404 g/mol. The Morgan fingerprint density at radius 1 is 1.19 bits per heavy atom. The molecule has 27 heavy (non-hydrogen) atoms. The van der Waals surface area contributed by atoms with E-state index in [0.29, 0.717) is 16.9 Å². The predicted octanol–water partition coefficient (Wildman–Crippen LogP) is 4.16. The van der Waals surface area contributed by atoms with E-state index in [2.05, 4.69) is 19.3 Å². The molecule has 0 bridgehead atoms. The van der Waals surface area contributed by atoms with Gasteiger partial charge < -0.3 is 4.57 Å². The second kappa shape index (κ2) is 6.89. The Labute approximate surface area is 163 Å². The first-order valence-electron chi connectivity index (χ1n) is 9.00. The van der Waals surface area contributed by atoms with Gasteiger partial charge in [-0.2, -0.15) is 0 Å². The van der Waals surface area contributed by atoms with Gasteiger partial charge in [0.2, 0.25) is 10.0 Å². The van der Waals surface area contributed by atoms with Gasteiger partial charge in [0.05, 0.1) is 23.6 Å². The van der Waals surface area contributed by atoms with E-state index in [1.165, 1.54) is 18.8 Å². The molecule has 0 spiro atoms. The van der Waals surface area contributed by atoms with Gasteiger partial charge in [-0.1, -0.05) is 17.7 Å². The standard InChI is InChI=1S/C19H21ClN4O2S/c1-12(2)23-27(25,26)16-10-21-19(22-11-16)18-8-13-6-7-14(20)9-17(13)24(18)15-4-3-5-15/h6-12,15,23H,3-5H2,1-2H3. The summed E-state index contributed by atoms with van der Waals surface area (Å²) in [6.07, 6.45) is 6.14. The highest BCUT2D eigenvalue weighted by atomic mass is 35.5. The summed E-state index contributed by atoms with van der Waals surface area (Å²) < 4.78 is 29.4. The van der Waals surface area contributed by atoms with Gasteiger partial charge in [0.25, 0.3) is 0 Å². The van der Waals surface area contributed by atoms with Crippen molar-refractivity contribution in [3.05, 3.63) is 41.7 Å².